The van der Waals surface area contributed by atoms with Crippen LogP contribution < -0.4 is 5.14 Å². The van der Waals surface area contributed by atoms with Crippen molar-refractivity contribution in [3.63, 3.8) is 0 Å². The average molecular weight is 343 g/mol. The van der Waals surface area contributed by atoms with Crippen LogP contribution in [0.1, 0.15) is 20.3 Å². The molecule has 1 aromatic rings. The number of sulfonamides is 1. The van der Waals surface area contributed by atoms with E-state index in [4.69, 9.17) is 5.14 Å². The van der Waals surface area contributed by atoms with E-state index in [1.54, 1.807) is 4.68 Å². The summed E-state index contributed by atoms with van der Waals surface area (Å²) in [6.07, 6.45) is 2.45. The van der Waals surface area contributed by atoms with Gasteiger partial charge in [0.05, 0.1) is 0 Å². The maximum atomic E-state index is 11.1. The summed E-state index contributed by atoms with van der Waals surface area (Å²) in [5.41, 5.74) is 0. The summed E-state index contributed by atoms with van der Waals surface area (Å²) in [6.45, 7) is 4.92. The van der Waals surface area contributed by atoms with Gasteiger partial charge in [-0.3, -0.25) is 4.68 Å². The van der Waals surface area contributed by atoms with Crippen LogP contribution in [0.25, 0.3) is 0 Å². The minimum atomic E-state index is -3.64. The molecule has 0 bridgehead atoms. The molecule has 0 spiro atoms. The van der Waals surface area contributed by atoms with Gasteiger partial charge in [-0.2, -0.15) is 5.10 Å². The number of aryl methyl sites for hydroxylation is 1. The maximum absolute atomic E-state index is 11.1. The minimum absolute atomic E-state index is 0.104. The first-order chi connectivity index (χ1) is 6.80. The molecule has 1 heterocycles. The number of rotatable bonds is 4. The van der Waals surface area contributed by atoms with Crippen molar-refractivity contribution < 1.29 is 8.42 Å². The highest BCUT2D eigenvalue weighted by molar-refractivity contribution is 14.1. The Balaban J connectivity index is 2.87. The van der Waals surface area contributed by atoms with Gasteiger partial charge in [0.1, 0.15) is 8.60 Å². The number of nitrogens with two attached hydrogens (primary N) is 1. The summed E-state index contributed by atoms with van der Waals surface area (Å²) in [6, 6.07) is 0. The van der Waals surface area contributed by atoms with Crippen LogP contribution >= 0.6 is 22.6 Å². The Labute approximate surface area is 103 Å². The fourth-order valence-corrected chi connectivity index (χ4v) is 2.96. The van der Waals surface area contributed by atoms with Gasteiger partial charge >= 0.3 is 0 Å². The molecule has 0 atom stereocenters. The van der Waals surface area contributed by atoms with Gasteiger partial charge in [0.15, 0.2) is 0 Å². The molecule has 0 saturated heterocycles. The molecular weight excluding hydrogens is 329 g/mol. The van der Waals surface area contributed by atoms with Gasteiger partial charge in [0.25, 0.3) is 0 Å². The van der Waals surface area contributed by atoms with Crippen LogP contribution in [-0.2, 0) is 16.6 Å². The summed E-state index contributed by atoms with van der Waals surface area (Å²) in [5.74, 6) is 0.560. The third-order valence-corrected chi connectivity index (χ3v) is 4.00. The van der Waals surface area contributed by atoms with Gasteiger partial charge < -0.3 is 0 Å². The normalized spacial score (nSPS) is 12.3. The van der Waals surface area contributed by atoms with Crippen LogP contribution in [-0.4, -0.2) is 18.2 Å². The molecule has 0 unspecified atom stereocenters. The Morgan fingerprint density at radius 2 is 2.20 bits per heavy atom. The van der Waals surface area contributed by atoms with Gasteiger partial charge in [-0.15, -0.1) is 0 Å². The molecule has 0 aliphatic heterocycles. The molecule has 0 fully saturated rings. The second-order valence-corrected chi connectivity index (χ2v) is 6.33. The molecule has 86 valence electrons. The minimum Gasteiger partial charge on any atom is -0.270 e. The van der Waals surface area contributed by atoms with Gasteiger partial charge in [0.2, 0.25) is 10.0 Å². The Morgan fingerprint density at radius 1 is 1.60 bits per heavy atom. The Morgan fingerprint density at radius 3 is 2.60 bits per heavy atom. The first-order valence-corrected chi connectivity index (χ1v) is 7.19. The number of halogens is 1. The lowest BCUT2D eigenvalue weighted by Gasteiger charge is -2.03. The summed E-state index contributed by atoms with van der Waals surface area (Å²) >= 11 is 1.87. The van der Waals surface area contributed by atoms with Crippen molar-refractivity contribution in [2.75, 3.05) is 0 Å². The zero-order valence-corrected chi connectivity index (χ0v) is 11.6. The predicted molar refractivity (Wildman–Crippen MR) is 65.8 cm³/mol. The van der Waals surface area contributed by atoms with Crippen molar-refractivity contribution in [3.8, 4) is 0 Å². The van der Waals surface area contributed by atoms with E-state index in [9.17, 15) is 8.42 Å². The molecule has 1 rings (SSSR count). The predicted octanol–water partition coefficient (Wildman–Crippen LogP) is 1.18. The van der Waals surface area contributed by atoms with Crippen molar-refractivity contribution in [1.82, 2.24) is 9.78 Å². The highest BCUT2D eigenvalue weighted by Crippen LogP contribution is 2.15. The highest BCUT2D eigenvalue weighted by Gasteiger charge is 2.16. The van der Waals surface area contributed by atoms with Crippen LogP contribution in [0.5, 0.6) is 0 Å². The summed E-state index contributed by atoms with van der Waals surface area (Å²) in [4.78, 5) is 0.104. The van der Waals surface area contributed by atoms with E-state index in [0.717, 1.165) is 6.42 Å². The smallest absolute Gasteiger partial charge is 0.242 e. The first kappa shape index (κ1) is 12.9. The van der Waals surface area contributed by atoms with E-state index >= 15 is 0 Å². The SMILES string of the molecule is CC(C)CCn1cc(S(N)(=O)=O)c(I)n1. The second-order valence-electron chi connectivity index (χ2n) is 3.77. The lowest BCUT2D eigenvalue weighted by molar-refractivity contribution is 0.485. The van der Waals surface area contributed by atoms with Crippen molar-refractivity contribution in [1.29, 1.82) is 0 Å². The molecule has 0 aliphatic rings. The number of hydrogen-bond acceptors (Lipinski definition) is 3. The molecule has 0 saturated carbocycles. The van der Waals surface area contributed by atoms with Crippen LogP contribution in [0.15, 0.2) is 11.1 Å². The Hall–Kier alpha value is -0.150. The van der Waals surface area contributed by atoms with Gasteiger partial charge in [-0.25, -0.2) is 13.6 Å². The van der Waals surface area contributed by atoms with Crippen molar-refractivity contribution in [2.24, 2.45) is 11.1 Å². The molecule has 2 N–H and O–H groups in total. The monoisotopic (exact) mass is 343 g/mol. The van der Waals surface area contributed by atoms with Crippen molar-refractivity contribution in [3.05, 3.63) is 9.90 Å². The third kappa shape index (κ3) is 3.72. The van der Waals surface area contributed by atoms with E-state index in [1.807, 2.05) is 22.6 Å². The lowest BCUT2D eigenvalue weighted by atomic mass is 10.1. The van der Waals surface area contributed by atoms with Crippen LogP contribution in [0.2, 0.25) is 0 Å². The van der Waals surface area contributed by atoms with E-state index in [1.165, 1.54) is 6.20 Å². The molecule has 0 amide bonds. The van der Waals surface area contributed by atoms with Gasteiger partial charge in [0, 0.05) is 12.7 Å². The molecular formula is C8H14IN3O2S. The van der Waals surface area contributed by atoms with Crippen LogP contribution in [0.3, 0.4) is 0 Å². The summed E-state index contributed by atoms with van der Waals surface area (Å²) in [7, 11) is -3.64. The molecule has 0 radical (unpaired) electrons. The van der Waals surface area contributed by atoms with Gasteiger partial charge in [-0.05, 0) is 34.9 Å². The summed E-state index contributed by atoms with van der Waals surface area (Å²) in [5, 5.41) is 9.13. The molecule has 0 aliphatic carbocycles. The lowest BCUT2D eigenvalue weighted by Crippen LogP contribution is -2.12. The third-order valence-electron chi connectivity index (χ3n) is 1.93. The van der Waals surface area contributed by atoms with Crippen LogP contribution in [0.4, 0.5) is 0 Å². The second kappa shape index (κ2) is 4.79. The average Bonchev–Trinajstić information content (AvgIpc) is 2.42. The standard InChI is InChI=1S/C8H14IN3O2S/c1-6(2)3-4-12-5-7(8(9)11-12)15(10,13)14/h5-6H,3-4H2,1-2H3,(H2,10,13,14). The number of aromatic nitrogens is 2. The number of hydrogen-bond donors (Lipinski definition) is 1. The summed E-state index contributed by atoms with van der Waals surface area (Å²) < 4.78 is 24.3. The quantitative estimate of drug-likeness (QED) is 0.834. The molecule has 7 heteroatoms. The molecule has 15 heavy (non-hydrogen) atoms. The van der Waals surface area contributed by atoms with Gasteiger partial charge in [-0.1, -0.05) is 13.8 Å². The van der Waals surface area contributed by atoms with E-state index in [2.05, 4.69) is 18.9 Å². The van der Waals surface area contributed by atoms with E-state index in [0.29, 0.717) is 16.2 Å². The van der Waals surface area contributed by atoms with Crippen molar-refractivity contribution in [2.45, 2.75) is 31.7 Å². The fraction of sp³-hybridized carbons (Fsp3) is 0.625. The highest BCUT2D eigenvalue weighted by atomic mass is 127. The molecule has 1 aromatic heterocycles. The largest absolute Gasteiger partial charge is 0.270 e. The Bertz CT molecular complexity index is 439. The number of nitrogens with zero attached hydrogens (tertiary/aromatic N) is 2. The zero-order chi connectivity index (χ0) is 11.6. The molecule has 0 aromatic carbocycles. The van der Waals surface area contributed by atoms with Crippen LogP contribution in [0, 0.1) is 9.62 Å². The number of primary sulfonamides is 1. The molecule has 5 nitrogen and oxygen atoms in total. The maximum Gasteiger partial charge on any atom is 0.242 e. The van der Waals surface area contributed by atoms with Crippen molar-refractivity contribution >= 4 is 32.6 Å². The first-order valence-electron chi connectivity index (χ1n) is 4.56. The zero-order valence-electron chi connectivity index (χ0n) is 8.64. The van der Waals surface area contributed by atoms with E-state index in [-0.39, 0.29) is 4.90 Å². The Kier molecular flexibility index (Phi) is 4.13. The van der Waals surface area contributed by atoms with E-state index < -0.39 is 10.0 Å². The fourth-order valence-electron chi connectivity index (χ4n) is 1.08. The topological polar surface area (TPSA) is 78.0 Å².